The minimum atomic E-state index is -0.521. The standard InChI is InChI=1S/C17H19Br2NO6/c1-6-26-17(21)13-12(18)11(16(19)20(13)25-5)9-7-8-10(22-2)15(24-4)14(9)23-3/h7-8H,6H2,1-5H3. The average Bonchev–Trinajstić information content (AvgIpc) is 2.90. The number of halogens is 2. The van der Waals surface area contributed by atoms with Gasteiger partial charge >= 0.3 is 5.97 Å². The minimum Gasteiger partial charge on any atom is -0.493 e. The van der Waals surface area contributed by atoms with Crippen molar-refractivity contribution in [1.29, 1.82) is 0 Å². The maximum Gasteiger partial charge on any atom is 0.359 e. The van der Waals surface area contributed by atoms with Crippen LogP contribution in [0.4, 0.5) is 0 Å². The highest BCUT2D eigenvalue weighted by atomic mass is 79.9. The number of carbonyl (C=O) groups is 1. The molecule has 26 heavy (non-hydrogen) atoms. The summed E-state index contributed by atoms with van der Waals surface area (Å²) in [6.45, 7) is 1.98. The van der Waals surface area contributed by atoms with Gasteiger partial charge in [-0.25, -0.2) is 4.79 Å². The first-order valence-corrected chi connectivity index (χ1v) is 9.15. The normalized spacial score (nSPS) is 10.4. The summed E-state index contributed by atoms with van der Waals surface area (Å²) in [4.78, 5) is 17.7. The highest BCUT2D eigenvalue weighted by Gasteiger charge is 2.30. The highest BCUT2D eigenvalue weighted by Crippen LogP contribution is 2.49. The van der Waals surface area contributed by atoms with Crippen LogP contribution in [0.15, 0.2) is 21.2 Å². The van der Waals surface area contributed by atoms with Gasteiger partial charge in [0.25, 0.3) is 0 Å². The fourth-order valence-corrected chi connectivity index (χ4v) is 4.29. The summed E-state index contributed by atoms with van der Waals surface area (Å²) in [6, 6.07) is 3.56. The first-order chi connectivity index (χ1) is 12.5. The second-order valence-electron chi connectivity index (χ2n) is 4.91. The molecule has 9 heteroatoms. The van der Waals surface area contributed by atoms with E-state index in [1.807, 2.05) is 0 Å². The number of rotatable bonds is 7. The second-order valence-corrected chi connectivity index (χ2v) is 6.45. The van der Waals surface area contributed by atoms with E-state index in [1.165, 1.54) is 26.1 Å². The molecule has 0 aliphatic carbocycles. The fourth-order valence-electron chi connectivity index (χ4n) is 2.57. The lowest BCUT2D eigenvalue weighted by Gasteiger charge is -2.16. The van der Waals surface area contributed by atoms with E-state index in [0.717, 1.165) is 0 Å². The lowest BCUT2D eigenvalue weighted by molar-refractivity contribution is 0.0467. The molecule has 0 spiro atoms. The Bertz CT molecular complexity index is 818. The molecule has 0 aliphatic heterocycles. The van der Waals surface area contributed by atoms with Crippen molar-refractivity contribution in [3.8, 4) is 28.4 Å². The van der Waals surface area contributed by atoms with Crippen LogP contribution in [-0.2, 0) is 4.74 Å². The summed E-state index contributed by atoms with van der Waals surface area (Å²) < 4.78 is 23.8. The van der Waals surface area contributed by atoms with Gasteiger partial charge in [-0.05, 0) is 50.9 Å². The van der Waals surface area contributed by atoms with Crippen molar-refractivity contribution in [3.05, 3.63) is 26.9 Å². The molecule has 0 saturated heterocycles. The van der Waals surface area contributed by atoms with Crippen LogP contribution in [0.2, 0.25) is 0 Å². The molecule has 0 N–H and O–H groups in total. The van der Waals surface area contributed by atoms with E-state index in [-0.39, 0.29) is 12.3 Å². The van der Waals surface area contributed by atoms with Crippen molar-refractivity contribution in [2.24, 2.45) is 0 Å². The third-order valence-electron chi connectivity index (χ3n) is 3.64. The topological polar surface area (TPSA) is 68.2 Å². The number of esters is 1. The summed E-state index contributed by atoms with van der Waals surface area (Å²) in [7, 11) is 6.05. The van der Waals surface area contributed by atoms with Crippen molar-refractivity contribution in [1.82, 2.24) is 4.73 Å². The third kappa shape index (κ3) is 3.37. The number of methoxy groups -OCH3 is 3. The molecule has 0 radical (unpaired) electrons. The summed E-state index contributed by atoms with van der Waals surface area (Å²) in [5, 5.41) is 0. The number of ether oxygens (including phenoxy) is 4. The molecule has 1 heterocycles. The number of aromatic nitrogens is 1. The summed E-state index contributed by atoms with van der Waals surface area (Å²) in [5.41, 5.74) is 1.53. The Morgan fingerprint density at radius 3 is 2.19 bits per heavy atom. The van der Waals surface area contributed by atoms with Crippen molar-refractivity contribution in [3.63, 3.8) is 0 Å². The van der Waals surface area contributed by atoms with Gasteiger partial charge in [0.15, 0.2) is 17.2 Å². The zero-order chi connectivity index (χ0) is 19.4. The maximum absolute atomic E-state index is 12.4. The summed E-state index contributed by atoms with van der Waals surface area (Å²) in [5.74, 6) is 0.899. The zero-order valence-electron chi connectivity index (χ0n) is 15.0. The fraction of sp³-hybridized carbons (Fsp3) is 0.353. The third-order valence-corrected chi connectivity index (χ3v) is 5.13. The van der Waals surface area contributed by atoms with Gasteiger partial charge in [0.2, 0.25) is 5.75 Å². The number of hydrogen-bond donors (Lipinski definition) is 0. The van der Waals surface area contributed by atoms with Crippen LogP contribution < -0.4 is 19.0 Å². The van der Waals surface area contributed by atoms with Crippen molar-refractivity contribution >= 4 is 37.8 Å². The molecule has 7 nitrogen and oxygen atoms in total. The van der Waals surface area contributed by atoms with Crippen LogP contribution in [0.5, 0.6) is 17.2 Å². The Morgan fingerprint density at radius 2 is 1.69 bits per heavy atom. The summed E-state index contributed by atoms with van der Waals surface area (Å²) in [6.07, 6.45) is 0. The average molecular weight is 493 g/mol. The molecular formula is C17H19Br2NO6. The lowest BCUT2D eigenvalue weighted by atomic mass is 10.1. The van der Waals surface area contributed by atoms with E-state index in [9.17, 15) is 4.79 Å². The quantitative estimate of drug-likeness (QED) is 0.545. The molecule has 0 unspecified atom stereocenters. The maximum atomic E-state index is 12.4. The van der Waals surface area contributed by atoms with E-state index in [2.05, 4.69) is 31.9 Å². The number of benzene rings is 1. The van der Waals surface area contributed by atoms with Crippen molar-refractivity contribution in [2.45, 2.75) is 6.92 Å². The molecule has 0 fully saturated rings. The molecule has 1 aromatic carbocycles. The van der Waals surface area contributed by atoms with Gasteiger partial charge in [-0.1, -0.05) is 0 Å². The molecule has 1 aromatic heterocycles. The van der Waals surface area contributed by atoms with Gasteiger partial charge in [0.05, 0.1) is 32.4 Å². The zero-order valence-corrected chi connectivity index (χ0v) is 18.2. The monoisotopic (exact) mass is 491 g/mol. The van der Waals surface area contributed by atoms with Gasteiger partial charge in [-0.3, -0.25) is 0 Å². The van der Waals surface area contributed by atoms with Gasteiger partial charge in [-0.15, -0.1) is 0 Å². The molecule has 0 bridgehead atoms. The first kappa shape index (κ1) is 20.4. The Hall–Kier alpha value is -1.87. The number of hydrogen-bond acceptors (Lipinski definition) is 6. The van der Waals surface area contributed by atoms with Gasteiger partial charge in [-0.2, -0.15) is 4.73 Å². The van der Waals surface area contributed by atoms with Gasteiger partial charge < -0.3 is 23.8 Å². The SMILES string of the molecule is CCOC(=O)c1c(Br)c(-c2ccc(OC)c(OC)c2OC)c(Br)n1OC. The Balaban J connectivity index is 2.80. The molecule has 0 amide bonds. The van der Waals surface area contributed by atoms with E-state index >= 15 is 0 Å². The van der Waals surface area contributed by atoms with E-state index in [1.54, 1.807) is 26.2 Å². The molecule has 2 rings (SSSR count). The van der Waals surface area contributed by atoms with Crippen LogP contribution in [0.1, 0.15) is 17.4 Å². The van der Waals surface area contributed by atoms with Crippen LogP contribution in [-0.4, -0.2) is 45.7 Å². The number of carbonyl (C=O) groups excluding carboxylic acids is 1. The van der Waals surface area contributed by atoms with Gasteiger partial charge in [0.1, 0.15) is 11.7 Å². The molecule has 142 valence electrons. The smallest absolute Gasteiger partial charge is 0.359 e. The van der Waals surface area contributed by atoms with Crippen LogP contribution >= 0.6 is 31.9 Å². The molecule has 0 atom stereocenters. The molecular weight excluding hydrogens is 474 g/mol. The van der Waals surface area contributed by atoms with Crippen molar-refractivity contribution < 1.29 is 28.6 Å². The van der Waals surface area contributed by atoms with Crippen LogP contribution in [0.3, 0.4) is 0 Å². The Kier molecular flexibility index (Phi) is 6.82. The largest absolute Gasteiger partial charge is 0.493 e. The van der Waals surface area contributed by atoms with E-state index < -0.39 is 5.97 Å². The predicted molar refractivity (Wildman–Crippen MR) is 103 cm³/mol. The molecule has 0 aliphatic rings. The van der Waals surface area contributed by atoms with E-state index in [4.69, 9.17) is 23.8 Å². The minimum absolute atomic E-state index is 0.216. The first-order valence-electron chi connectivity index (χ1n) is 7.57. The predicted octanol–water partition coefficient (Wildman–Crippen LogP) is 3.94. The second kappa shape index (κ2) is 8.68. The highest BCUT2D eigenvalue weighted by molar-refractivity contribution is 9.11. The lowest BCUT2D eigenvalue weighted by Crippen LogP contribution is -2.16. The number of nitrogens with zero attached hydrogens (tertiary/aromatic N) is 1. The van der Waals surface area contributed by atoms with Crippen molar-refractivity contribution in [2.75, 3.05) is 35.0 Å². The summed E-state index contributed by atoms with van der Waals surface area (Å²) >= 11 is 6.97. The molecule has 0 saturated carbocycles. The Morgan fingerprint density at radius 1 is 1.04 bits per heavy atom. The van der Waals surface area contributed by atoms with Gasteiger partial charge in [0, 0.05) is 11.1 Å². The van der Waals surface area contributed by atoms with E-state index in [0.29, 0.717) is 37.5 Å². The van der Waals surface area contributed by atoms with Crippen LogP contribution in [0.25, 0.3) is 11.1 Å². The van der Waals surface area contributed by atoms with Crippen LogP contribution in [0, 0.1) is 0 Å². The molecule has 2 aromatic rings. The Labute approximate surface area is 168 Å².